The van der Waals surface area contributed by atoms with E-state index in [1.165, 1.54) is 19.2 Å². The number of nitrogens with one attached hydrogen (secondary N) is 2. The summed E-state index contributed by atoms with van der Waals surface area (Å²) < 4.78 is 32.9. The molecule has 0 saturated carbocycles. The number of anilines is 2. The summed E-state index contributed by atoms with van der Waals surface area (Å²) in [6, 6.07) is 11.4. The highest BCUT2D eigenvalue weighted by atomic mass is 32.2. The van der Waals surface area contributed by atoms with Crippen molar-refractivity contribution in [1.29, 1.82) is 0 Å². The van der Waals surface area contributed by atoms with Gasteiger partial charge < -0.3 is 10.1 Å². The summed E-state index contributed by atoms with van der Waals surface area (Å²) in [5.41, 5.74) is 2.10. The van der Waals surface area contributed by atoms with Crippen molar-refractivity contribution in [3.63, 3.8) is 0 Å². The van der Waals surface area contributed by atoms with Crippen molar-refractivity contribution in [3.8, 4) is 0 Å². The number of ether oxygens (including phenoxy) is 1. The van der Waals surface area contributed by atoms with Crippen molar-refractivity contribution in [1.82, 2.24) is 0 Å². The van der Waals surface area contributed by atoms with Crippen molar-refractivity contribution < 1.29 is 17.9 Å². The first-order valence-corrected chi connectivity index (χ1v) is 9.41. The summed E-state index contributed by atoms with van der Waals surface area (Å²) in [4.78, 5) is 11.8. The zero-order chi connectivity index (χ0) is 18.4. The average molecular weight is 362 g/mol. The number of carbonyl (C=O) groups excluding carboxylic acids is 1. The highest BCUT2D eigenvalue weighted by Crippen LogP contribution is 2.26. The van der Waals surface area contributed by atoms with E-state index >= 15 is 0 Å². The summed E-state index contributed by atoms with van der Waals surface area (Å²) in [5.74, 6) is -0.589. The molecule has 25 heavy (non-hydrogen) atoms. The highest BCUT2D eigenvalue weighted by Gasteiger charge is 2.21. The van der Waals surface area contributed by atoms with Crippen molar-refractivity contribution in [3.05, 3.63) is 53.6 Å². The molecule has 0 spiro atoms. The summed E-state index contributed by atoms with van der Waals surface area (Å²) >= 11 is 0. The number of sulfonamides is 1. The van der Waals surface area contributed by atoms with Gasteiger partial charge in [-0.05, 0) is 43.7 Å². The van der Waals surface area contributed by atoms with Gasteiger partial charge in [0.25, 0.3) is 10.0 Å². The van der Waals surface area contributed by atoms with E-state index in [4.69, 9.17) is 0 Å². The van der Waals surface area contributed by atoms with E-state index in [1.807, 2.05) is 26.0 Å². The lowest BCUT2D eigenvalue weighted by atomic mass is 10.2. The Hall–Kier alpha value is -2.54. The maximum Gasteiger partial charge on any atom is 0.337 e. The minimum Gasteiger partial charge on any atom is -0.465 e. The molecule has 0 atom stereocenters. The number of esters is 1. The molecule has 0 saturated heterocycles. The minimum absolute atomic E-state index is 0.00410. The second-order valence-corrected chi connectivity index (χ2v) is 7.25. The molecule has 0 aliphatic rings. The predicted molar refractivity (Wildman–Crippen MR) is 98.5 cm³/mol. The largest absolute Gasteiger partial charge is 0.465 e. The van der Waals surface area contributed by atoms with Crippen LogP contribution in [0.2, 0.25) is 0 Å². The maximum atomic E-state index is 12.8. The number of benzene rings is 2. The third kappa shape index (κ3) is 4.73. The van der Waals surface area contributed by atoms with Crippen LogP contribution in [0.25, 0.3) is 0 Å². The van der Waals surface area contributed by atoms with Crippen LogP contribution in [0.3, 0.4) is 0 Å². The maximum absolute atomic E-state index is 12.8. The molecule has 0 bridgehead atoms. The minimum atomic E-state index is -3.87. The number of rotatable bonds is 7. The van der Waals surface area contributed by atoms with Gasteiger partial charge in [-0.15, -0.1) is 0 Å². The summed E-state index contributed by atoms with van der Waals surface area (Å²) in [5, 5.41) is 3.08. The van der Waals surface area contributed by atoms with Crippen LogP contribution in [0.15, 0.2) is 47.4 Å². The molecule has 6 nitrogen and oxygen atoms in total. The van der Waals surface area contributed by atoms with Crippen LogP contribution in [0.5, 0.6) is 0 Å². The Morgan fingerprint density at radius 2 is 1.80 bits per heavy atom. The van der Waals surface area contributed by atoms with Gasteiger partial charge in [-0.1, -0.05) is 24.6 Å². The van der Waals surface area contributed by atoms with Crippen LogP contribution in [0.4, 0.5) is 11.4 Å². The second kappa shape index (κ2) is 8.02. The molecule has 2 aromatic rings. The zero-order valence-corrected chi connectivity index (χ0v) is 15.3. The number of aryl methyl sites for hydroxylation is 1. The van der Waals surface area contributed by atoms with E-state index in [-0.39, 0.29) is 10.5 Å². The zero-order valence-electron chi connectivity index (χ0n) is 14.5. The van der Waals surface area contributed by atoms with E-state index in [0.29, 0.717) is 17.9 Å². The molecular weight excluding hydrogens is 340 g/mol. The standard InChI is InChI=1S/C18H22N2O4S/c1-4-11-19-16-10-7-14(18(21)24-3)12-17(16)25(22,23)20-15-8-5-13(2)6-9-15/h5-10,12,19-20H,4,11H2,1-3H3. The van der Waals surface area contributed by atoms with Gasteiger partial charge in [0.15, 0.2) is 0 Å². The number of methoxy groups -OCH3 is 1. The van der Waals surface area contributed by atoms with Crippen LogP contribution >= 0.6 is 0 Å². The molecule has 134 valence electrons. The highest BCUT2D eigenvalue weighted by molar-refractivity contribution is 7.92. The van der Waals surface area contributed by atoms with Crippen molar-refractivity contribution in [2.45, 2.75) is 25.2 Å². The lowest BCUT2D eigenvalue weighted by Gasteiger charge is -2.15. The molecule has 0 unspecified atom stereocenters. The van der Waals surface area contributed by atoms with E-state index in [9.17, 15) is 13.2 Å². The molecule has 2 N–H and O–H groups in total. The van der Waals surface area contributed by atoms with Gasteiger partial charge in [0, 0.05) is 12.2 Å². The molecule has 0 amide bonds. The van der Waals surface area contributed by atoms with Gasteiger partial charge in [0.2, 0.25) is 0 Å². The third-order valence-electron chi connectivity index (χ3n) is 3.56. The first-order chi connectivity index (χ1) is 11.9. The second-order valence-electron chi connectivity index (χ2n) is 5.60. The molecular formula is C18H22N2O4S. The van der Waals surface area contributed by atoms with Crippen LogP contribution in [-0.2, 0) is 14.8 Å². The van der Waals surface area contributed by atoms with Crippen molar-refractivity contribution in [2.75, 3.05) is 23.7 Å². The molecule has 0 heterocycles. The summed E-state index contributed by atoms with van der Waals surface area (Å²) in [7, 11) is -2.62. The first-order valence-electron chi connectivity index (χ1n) is 7.93. The smallest absolute Gasteiger partial charge is 0.337 e. The Bertz CT molecular complexity index is 846. The fraction of sp³-hybridized carbons (Fsp3) is 0.278. The fourth-order valence-corrected chi connectivity index (χ4v) is 3.50. The van der Waals surface area contributed by atoms with Crippen LogP contribution in [0, 0.1) is 6.92 Å². The van der Waals surface area contributed by atoms with Crippen LogP contribution in [-0.4, -0.2) is 28.0 Å². The van der Waals surface area contributed by atoms with E-state index < -0.39 is 16.0 Å². The molecule has 2 aromatic carbocycles. The molecule has 0 radical (unpaired) electrons. The Labute approximate surface area is 148 Å². The molecule has 2 rings (SSSR count). The Kier molecular flexibility index (Phi) is 6.03. The SMILES string of the molecule is CCCNc1ccc(C(=O)OC)cc1S(=O)(=O)Nc1ccc(C)cc1. The Morgan fingerprint density at radius 1 is 1.12 bits per heavy atom. The first kappa shape index (κ1) is 18.8. The quantitative estimate of drug-likeness (QED) is 0.738. The fourth-order valence-electron chi connectivity index (χ4n) is 2.23. The number of carbonyl (C=O) groups is 1. The van der Waals surface area contributed by atoms with Crippen LogP contribution < -0.4 is 10.0 Å². The van der Waals surface area contributed by atoms with Crippen molar-refractivity contribution in [2.24, 2.45) is 0 Å². The monoisotopic (exact) mass is 362 g/mol. The van der Waals surface area contributed by atoms with Gasteiger partial charge in [0.05, 0.1) is 18.4 Å². The van der Waals surface area contributed by atoms with Gasteiger partial charge in [-0.2, -0.15) is 0 Å². The molecule has 0 aromatic heterocycles. The van der Waals surface area contributed by atoms with E-state index in [2.05, 4.69) is 14.8 Å². The number of hydrogen-bond acceptors (Lipinski definition) is 5. The number of hydrogen-bond donors (Lipinski definition) is 2. The lowest BCUT2D eigenvalue weighted by molar-refractivity contribution is 0.0600. The normalized spacial score (nSPS) is 11.0. The van der Waals surface area contributed by atoms with Gasteiger partial charge in [-0.25, -0.2) is 13.2 Å². The van der Waals surface area contributed by atoms with Gasteiger partial charge in [-0.3, -0.25) is 4.72 Å². The molecule has 0 fully saturated rings. The third-order valence-corrected chi connectivity index (χ3v) is 4.98. The Balaban J connectivity index is 2.44. The van der Waals surface area contributed by atoms with Gasteiger partial charge in [0.1, 0.15) is 4.90 Å². The molecule has 0 aliphatic heterocycles. The van der Waals surface area contributed by atoms with Crippen molar-refractivity contribution >= 4 is 27.4 Å². The topological polar surface area (TPSA) is 84.5 Å². The van der Waals surface area contributed by atoms with E-state index in [0.717, 1.165) is 12.0 Å². The molecule has 0 aliphatic carbocycles. The average Bonchev–Trinajstić information content (AvgIpc) is 2.61. The summed E-state index contributed by atoms with van der Waals surface area (Å²) in [6.45, 7) is 4.52. The van der Waals surface area contributed by atoms with Gasteiger partial charge >= 0.3 is 5.97 Å². The predicted octanol–water partition coefficient (Wildman–Crippen LogP) is 3.40. The van der Waals surface area contributed by atoms with E-state index in [1.54, 1.807) is 18.2 Å². The lowest BCUT2D eigenvalue weighted by Crippen LogP contribution is -2.17. The van der Waals surface area contributed by atoms with Crippen LogP contribution in [0.1, 0.15) is 29.3 Å². The Morgan fingerprint density at radius 3 is 2.40 bits per heavy atom. The summed E-state index contributed by atoms with van der Waals surface area (Å²) in [6.07, 6.45) is 0.837. The molecule has 7 heteroatoms.